The fraction of sp³-hybridized carbons (Fsp3) is 0. The molecule has 0 N–H and O–H groups in total. The first kappa shape index (κ1) is 31.9. The molecular formula is C51H32N4O. The molecular weight excluding hydrogens is 685 g/mol. The van der Waals surface area contributed by atoms with Crippen molar-refractivity contribution in [1.82, 2.24) is 19.5 Å². The number of para-hydroxylation sites is 3. The van der Waals surface area contributed by atoms with Crippen LogP contribution < -0.4 is 0 Å². The highest BCUT2D eigenvalue weighted by Crippen LogP contribution is 2.36. The summed E-state index contributed by atoms with van der Waals surface area (Å²) in [6, 6.07) is 67.5. The van der Waals surface area contributed by atoms with Gasteiger partial charge in [0.25, 0.3) is 0 Å². The average Bonchev–Trinajstić information content (AvgIpc) is 3.86. The standard InChI is InChI=1S/C51H32N4O/c1-3-11-33(12-4-1)36-23-24-38-30-40(26-25-37(38)29-36)50-52-49(35-21-19-34(20-22-35)48-32-39-13-7-10-18-47(39)56-48)53-51(54-50)41-27-28-46-44(31-41)43-16-8-9-17-45(43)55(46)42-14-5-2-6-15-42/h1-32H. The number of benzene rings is 8. The van der Waals surface area contributed by atoms with E-state index in [0.29, 0.717) is 17.5 Å². The third kappa shape index (κ3) is 5.53. The summed E-state index contributed by atoms with van der Waals surface area (Å²) in [6.07, 6.45) is 0. The van der Waals surface area contributed by atoms with Crippen LogP contribution in [0, 0.1) is 0 Å². The third-order valence-corrected chi connectivity index (χ3v) is 10.6. The van der Waals surface area contributed by atoms with E-state index >= 15 is 0 Å². The van der Waals surface area contributed by atoms with E-state index in [2.05, 4.69) is 174 Å². The summed E-state index contributed by atoms with van der Waals surface area (Å²) in [5.41, 5.74) is 10.4. The number of nitrogens with zero attached hydrogens (tertiary/aromatic N) is 4. The first-order chi connectivity index (χ1) is 27.7. The second-order valence-corrected chi connectivity index (χ2v) is 14.1. The Bertz CT molecular complexity index is 3200. The van der Waals surface area contributed by atoms with Crippen molar-refractivity contribution < 1.29 is 4.42 Å². The highest BCUT2D eigenvalue weighted by Gasteiger charge is 2.17. The second-order valence-electron chi connectivity index (χ2n) is 14.1. The first-order valence-electron chi connectivity index (χ1n) is 18.8. The van der Waals surface area contributed by atoms with Crippen molar-refractivity contribution in [3.8, 4) is 62.3 Å². The van der Waals surface area contributed by atoms with Crippen molar-refractivity contribution in [3.05, 3.63) is 194 Å². The SMILES string of the molecule is c1ccc(-c2ccc3cc(-c4nc(-c5ccc(-c6cc7ccccc7o6)cc5)nc(-c5ccc6c(c5)c5ccccc5n6-c5ccccc5)n4)ccc3c2)cc1. The van der Waals surface area contributed by atoms with E-state index in [-0.39, 0.29) is 0 Å². The summed E-state index contributed by atoms with van der Waals surface area (Å²) in [5.74, 6) is 2.66. The molecule has 3 aromatic heterocycles. The highest BCUT2D eigenvalue weighted by molar-refractivity contribution is 6.10. The van der Waals surface area contributed by atoms with Gasteiger partial charge in [0.05, 0.1) is 11.0 Å². The molecule has 0 aliphatic rings. The van der Waals surface area contributed by atoms with Gasteiger partial charge in [0.1, 0.15) is 11.3 Å². The fourth-order valence-electron chi connectivity index (χ4n) is 7.83. The Morgan fingerprint density at radius 3 is 1.66 bits per heavy atom. The lowest BCUT2D eigenvalue weighted by Crippen LogP contribution is -2.00. The van der Waals surface area contributed by atoms with E-state index in [1.54, 1.807) is 0 Å². The van der Waals surface area contributed by atoms with Crippen LogP contribution in [0.3, 0.4) is 0 Å². The highest BCUT2D eigenvalue weighted by atomic mass is 16.3. The van der Waals surface area contributed by atoms with Crippen LogP contribution >= 0.6 is 0 Å². The molecule has 0 atom stereocenters. The Hall–Kier alpha value is -7.63. The molecule has 0 saturated carbocycles. The van der Waals surface area contributed by atoms with Crippen LogP contribution in [-0.4, -0.2) is 19.5 Å². The minimum atomic E-state index is 0.604. The Kier molecular flexibility index (Phi) is 7.42. The number of aromatic nitrogens is 4. The maximum atomic E-state index is 6.17. The van der Waals surface area contributed by atoms with Gasteiger partial charge in [-0.05, 0) is 82.6 Å². The van der Waals surface area contributed by atoms with Crippen LogP contribution in [0.2, 0.25) is 0 Å². The summed E-state index contributed by atoms with van der Waals surface area (Å²) < 4.78 is 8.49. The van der Waals surface area contributed by atoms with E-state index < -0.39 is 0 Å². The normalized spacial score (nSPS) is 11.6. The van der Waals surface area contributed by atoms with Crippen molar-refractivity contribution in [1.29, 1.82) is 0 Å². The number of hydrogen-bond donors (Lipinski definition) is 0. The lowest BCUT2D eigenvalue weighted by atomic mass is 10.00. The van der Waals surface area contributed by atoms with Crippen LogP contribution in [0.25, 0.3) is 106 Å². The van der Waals surface area contributed by atoms with Crippen LogP contribution in [0.15, 0.2) is 199 Å². The molecule has 5 nitrogen and oxygen atoms in total. The summed E-state index contributed by atoms with van der Waals surface area (Å²) >= 11 is 0. The van der Waals surface area contributed by atoms with Gasteiger partial charge in [-0.15, -0.1) is 0 Å². The molecule has 0 fully saturated rings. The molecule has 11 rings (SSSR count). The largest absolute Gasteiger partial charge is 0.456 e. The van der Waals surface area contributed by atoms with E-state index in [0.717, 1.165) is 71.9 Å². The molecule has 5 heteroatoms. The molecule has 0 aliphatic carbocycles. The zero-order valence-electron chi connectivity index (χ0n) is 30.2. The van der Waals surface area contributed by atoms with Gasteiger partial charge >= 0.3 is 0 Å². The summed E-state index contributed by atoms with van der Waals surface area (Å²) in [7, 11) is 0. The molecule has 0 bridgehead atoms. The Labute approximate surface area is 322 Å². The van der Waals surface area contributed by atoms with Gasteiger partial charge in [0.2, 0.25) is 0 Å². The predicted octanol–water partition coefficient (Wildman–Crippen LogP) is 13.2. The predicted molar refractivity (Wildman–Crippen MR) is 229 cm³/mol. The molecule has 0 aliphatic heterocycles. The molecule has 0 amide bonds. The summed E-state index contributed by atoms with van der Waals surface area (Å²) in [5, 5.41) is 5.67. The van der Waals surface area contributed by atoms with Gasteiger partial charge in [0.15, 0.2) is 17.5 Å². The topological polar surface area (TPSA) is 56.7 Å². The van der Waals surface area contributed by atoms with Crippen LogP contribution in [0.5, 0.6) is 0 Å². The first-order valence-corrected chi connectivity index (χ1v) is 18.8. The lowest BCUT2D eigenvalue weighted by molar-refractivity contribution is 0.631. The molecule has 56 heavy (non-hydrogen) atoms. The maximum Gasteiger partial charge on any atom is 0.164 e. The van der Waals surface area contributed by atoms with E-state index in [1.165, 1.54) is 16.5 Å². The van der Waals surface area contributed by atoms with Crippen molar-refractivity contribution >= 4 is 43.5 Å². The third-order valence-electron chi connectivity index (χ3n) is 10.6. The summed E-state index contributed by atoms with van der Waals surface area (Å²) in [6.45, 7) is 0. The molecule has 11 aromatic rings. The molecule has 3 heterocycles. The van der Waals surface area contributed by atoms with Gasteiger partial charge in [-0.2, -0.15) is 0 Å². The zero-order chi connectivity index (χ0) is 37.0. The molecule has 8 aromatic carbocycles. The molecule has 0 radical (unpaired) electrons. The molecule has 0 spiro atoms. The van der Waals surface area contributed by atoms with Gasteiger partial charge in [-0.25, -0.2) is 15.0 Å². The molecule has 0 saturated heterocycles. The lowest BCUT2D eigenvalue weighted by Gasteiger charge is -2.11. The number of hydrogen-bond acceptors (Lipinski definition) is 4. The van der Waals surface area contributed by atoms with Crippen molar-refractivity contribution in [2.24, 2.45) is 0 Å². The Balaban J connectivity index is 1.05. The summed E-state index contributed by atoms with van der Waals surface area (Å²) in [4.78, 5) is 15.4. The minimum Gasteiger partial charge on any atom is -0.456 e. The van der Waals surface area contributed by atoms with Crippen molar-refractivity contribution in [2.45, 2.75) is 0 Å². The molecule has 0 unspecified atom stereocenters. The van der Waals surface area contributed by atoms with E-state index in [4.69, 9.17) is 19.4 Å². The zero-order valence-corrected chi connectivity index (χ0v) is 30.2. The van der Waals surface area contributed by atoms with Gasteiger partial charge < -0.3 is 8.98 Å². The smallest absolute Gasteiger partial charge is 0.164 e. The Morgan fingerprint density at radius 2 is 0.893 bits per heavy atom. The van der Waals surface area contributed by atoms with Gasteiger partial charge in [-0.3, -0.25) is 0 Å². The Morgan fingerprint density at radius 1 is 0.339 bits per heavy atom. The maximum absolute atomic E-state index is 6.17. The average molecular weight is 717 g/mol. The minimum absolute atomic E-state index is 0.604. The fourth-order valence-corrected chi connectivity index (χ4v) is 7.83. The molecule has 262 valence electrons. The number of furan rings is 1. The van der Waals surface area contributed by atoms with E-state index in [1.807, 2.05) is 24.3 Å². The van der Waals surface area contributed by atoms with E-state index in [9.17, 15) is 0 Å². The van der Waals surface area contributed by atoms with Crippen LogP contribution in [0.4, 0.5) is 0 Å². The number of fused-ring (bicyclic) bond motifs is 5. The van der Waals surface area contributed by atoms with Crippen LogP contribution in [0.1, 0.15) is 0 Å². The monoisotopic (exact) mass is 716 g/mol. The van der Waals surface area contributed by atoms with Gasteiger partial charge in [0, 0.05) is 44.1 Å². The van der Waals surface area contributed by atoms with Crippen molar-refractivity contribution in [2.75, 3.05) is 0 Å². The van der Waals surface area contributed by atoms with Crippen LogP contribution in [-0.2, 0) is 0 Å². The van der Waals surface area contributed by atoms with Crippen molar-refractivity contribution in [3.63, 3.8) is 0 Å². The quantitative estimate of drug-likeness (QED) is 0.172. The number of rotatable bonds is 6. The van der Waals surface area contributed by atoms with Gasteiger partial charge in [-0.1, -0.05) is 133 Å². The second kappa shape index (κ2) is 13.0.